The Morgan fingerprint density at radius 1 is 1.32 bits per heavy atom. The molecular weight excluding hydrogens is 272 g/mol. The van der Waals surface area contributed by atoms with Crippen LogP contribution in [0.2, 0.25) is 0 Å². The van der Waals surface area contributed by atoms with Gasteiger partial charge in [0.1, 0.15) is 0 Å². The summed E-state index contributed by atoms with van der Waals surface area (Å²) in [5.74, 6) is 0. The van der Waals surface area contributed by atoms with Crippen molar-refractivity contribution < 1.29 is 5.11 Å². The number of hydrogen-bond donors (Lipinski definition) is 2. The fraction of sp³-hybridized carbons (Fsp3) is 0.579. The van der Waals surface area contributed by atoms with Crippen LogP contribution in [-0.4, -0.2) is 34.7 Å². The van der Waals surface area contributed by atoms with Crippen LogP contribution in [-0.2, 0) is 6.42 Å². The molecule has 1 fully saturated rings. The molecule has 0 aliphatic carbocycles. The maximum absolute atomic E-state index is 9.66. The third-order valence-electron chi connectivity index (χ3n) is 6.15. The van der Waals surface area contributed by atoms with Gasteiger partial charge in [-0.3, -0.25) is 4.90 Å². The maximum Gasteiger partial charge on any atom is 0.0559 e. The normalized spacial score (nSPS) is 28.5. The first-order chi connectivity index (χ1) is 10.8. The highest BCUT2D eigenvalue weighted by atomic mass is 16.3. The van der Waals surface area contributed by atoms with Crippen molar-refractivity contribution >= 4 is 10.9 Å². The van der Waals surface area contributed by atoms with E-state index in [0.29, 0.717) is 12.6 Å². The molecule has 2 aliphatic rings. The van der Waals surface area contributed by atoms with Crippen LogP contribution in [0.4, 0.5) is 0 Å². The zero-order valence-electron chi connectivity index (χ0n) is 13.4. The number of piperidine rings is 1. The minimum Gasteiger partial charge on any atom is -0.396 e. The second-order valence-corrected chi connectivity index (χ2v) is 7.04. The Labute approximate surface area is 132 Å². The van der Waals surface area contributed by atoms with E-state index in [-0.39, 0.29) is 5.41 Å². The van der Waals surface area contributed by atoms with E-state index in [0.717, 1.165) is 25.8 Å². The molecule has 4 rings (SSSR count). The number of para-hydroxylation sites is 1. The summed E-state index contributed by atoms with van der Waals surface area (Å²) < 4.78 is 0. The summed E-state index contributed by atoms with van der Waals surface area (Å²) in [7, 11) is 0. The van der Waals surface area contributed by atoms with E-state index in [9.17, 15) is 5.11 Å². The smallest absolute Gasteiger partial charge is 0.0559 e. The van der Waals surface area contributed by atoms with Crippen LogP contribution in [0.5, 0.6) is 0 Å². The van der Waals surface area contributed by atoms with Gasteiger partial charge < -0.3 is 10.1 Å². The van der Waals surface area contributed by atoms with Crippen molar-refractivity contribution in [2.24, 2.45) is 5.41 Å². The molecular formula is C19H26N2O. The topological polar surface area (TPSA) is 39.3 Å². The molecule has 1 aromatic carbocycles. The average molecular weight is 298 g/mol. The van der Waals surface area contributed by atoms with Crippen LogP contribution in [0.25, 0.3) is 10.9 Å². The van der Waals surface area contributed by atoms with Crippen molar-refractivity contribution in [3.8, 4) is 0 Å². The van der Waals surface area contributed by atoms with Crippen LogP contribution in [0.3, 0.4) is 0 Å². The summed E-state index contributed by atoms with van der Waals surface area (Å²) in [5.41, 5.74) is 4.45. The molecule has 0 bridgehead atoms. The third-order valence-corrected chi connectivity index (χ3v) is 6.15. The predicted octanol–water partition coefficient (Wildman–Crippen LogP) is 3.64. The van der Waals surface area contributed by atoms with Crippen molar-refractivity contribution in [1.82, 2.24) is 9.88 Å². The number of aromatic nitrogens is 1. The fourth-order valence-corrected chi connectivity index (χ4v) is 5.03. The van der Waals surface area contributed by atoms with Crippen LogP contribution in [0, 0.1) is 5.41 Å². The molecule has 3 heterocycles. The number of fused-ring (bicyclic) bond motifs is 5. The van der Waals surface area contributed by atoms with Gasteiger partial charge in [-0.25, -0.2) is 0 Å². The van der Waals surface area contributed by atoms with Gasteiger partial charge in [0.05, 0.1) is 6.04 Å². The average Bonchev–Trinajstić information content (AvgIpc) is 2.93. The molecule has 1 aromatic heterocycles. The summed E-state index contributed by atoms with van der Waals surface area (Å²) in [5, 5.41) is 11.1. The number of rotatable bonds is 3. The van der Waals surface area contributed by atoms with Crippen molar-refractivity contribution in [1.29, 1.82) is 0 Å². The molecule has 0 spiro atoms. The zero-order valence-corrected chi connectivity index (χ0v) is 13.4. The number of hydrogen-bond acceptors (Lipinski definition) is 2. The first-order valence-corrected chi connectivity index (χ1v) is 8.73. The van der Waals surface area contributed by atoms with E-state index in [2.05, 4.69) is 41.1 Å². The van der Waals surface area contributed by atoms with E-state index < -0.39 is 0 Å². The van der Waals surface area contributed by atoms with E-state index in [1.165, 1.54) is 41.5 Å². The zero-order chi connectivity index (χ0) is 15.2. The van der Waals surface area contributed by atoms with Gasteiger partial charge in [0.25, 0.3) is 0 Å². The highest BCUT2D eigenvalue weighted by molar-refractivity contribution is 5.85. The van der Waals surface area contributed by atoms with Crippen LogP contribution in [0.1, 0.15) is 49.9 Å². The molecule has 0 radical (unpaired) electrons. The molecule has 118 valence electrons. The highest BCUT2D eigenvalue weighted by Gasteiger charge is 2.46. The lowest BCUT2D eigenvalue weighted by Gasteiger charge is -2.52. The molecule has 1 saturated heterocycles. The third kappa shape index (κ3) is 1.95. The first kappa shape index (κ1) is 14.3. The highest BCUT2D eigenvalue weighted by Crippen LogP contribution is 2.53. The van der Waals surface area contributed by atoms with Crippen molar-refractivity contribution in [3.63, 3.8) is 0 Å². The van der Waals surface area contributed by atoms with Crippen molar-refractivity contribution in [3.05, 3.63) is 35.5 Å². The second kappa shape index (κ2) is 5.39. The molecule has 3 heteroatoms. The van der Waals surface area contributed by atoms with Gasteiger partial charge in [-0.1, -0.05) is 25.1 Å². The number of H-pyrrole nitrogens is 1. The largest absolute Gasteiger partial charge is 0.396 e. The minimum absolute atomic E-state index is 0.225. The van der Waals surface area contributed by atoms with E-state index in [1.54, 1.807) is 0 Å². The Balaban J connectivity index is 1.88. The van der Waals surface area contributed by atoms with Crippen LogP contribution in [0.15, 0.2) is 24.3 Å². The van der Waals surface area contributed by atoms with Gasteiger partial charge in [0.15, 0.2) is 0 Å². The Morgan fingerprint density at radius 2 is 2.18 bits per heavy atom. The quantitative estimate of drug-likeness (QED) is 0.908. The summed E-state index contributed by atoms with van der Waals surface area (Å²) in [6.45, 7) is 4.96. The lowest BCUT2D eigenvalue weighted by molar-refractivity contribution is -0.0169. The number of aliphatic hydroxyl groups is 1. The molecule has 2 N–H and O–H groups in total. The molecule has 0 unspecified atom stereocenters. The Kier molecular flexibility index (Phi) is 3.50. The van der Waals surface area contributed by atoms with Gasteiger partial charge in [-0.15, -0.1) is 0 Å². The molecule has 2 aliphatic heterocycles. The number of aliphatic hydroxyl groups excluding tert-OH is 1. The minimum atomic E-state index is 0.225. The van der Waals surface area contributed by atoms with E-state index in [4.69, 9.17) is 0 Å². The molecule has 0 amide bonds. The van der Waals surface area contributed by atoms with Gasteiger partial charge in [0, 0.05) is 29.7 Å². The SMILES string of the molecule is CC[C@]1(CCO)CCCN2CCc3c([nH]c4ccccc34)[C@@H]21. The predicted molar refractivity (Wildman–Crippen MR) is 90.0 cm³/mol. The summed E-state index contributed by atoms with van der Waals surface area (Å²) in [6.07, 6.45) is 5.71. The summed E-state index contributed by atoms with van der Waals surface area (Å²) in [6, 6.07) is 9.16. The van der Waals surface area contributed by atoms with Crippen molar-refractivity contribution in [2.45, 2.75) is 45.1 Å². The van der Waals surface area contributed by atoms with E-state index in [1.807, 2.05) is 0 Å². The Morgan fingerprint density at radius 3 is 3.00 bits per heavy atom. The molecule has 3 nitrogen and oxygen atoms in total. The molecule has 22 heavy (non-hydrogen) atoms. The monoisotopic (exact) mass is 298 g/mol. The maximum atomic E-state index is 9.66. The molecule has 2 atom stereocenters. The number of aromatic amines is 1. The summed E-state index contributed by atoms with van der Waals surface area (Å²) >= 11 is 0. The summed E-state index contributed by atoms with van der Waals surface area (Å²) in [4.78, 5) is 6.41. The molecule has 0 saturated carbocycles. The van der Waals surface area contributed by atoms with Crippen LogP contribution < -0.4 is 0 Å². The second-order valence-electron chi connectivity index (χ2n) is 7.04. The number of benzene rings is 1. The van der Waals surface area contributed by atoms with Gasteiger partial charge in [-0.05, 0) is 55.7 Å². The van der Waals surface area contributed by atoms with E-state index >= 15 is 0 Å². The van der Waals surface area contributed by atoms with Crippen LogP contribution >= 0.6 is 0 Å². The number of nitrogens with zero attached hydrogens (tertiary/aromatic N) is 1. The Bertz CT molecular complexity index is 673. The number of nitrogens with one attached hydrogen (secondary N) is 1. The Hall–Kier alpha value is -1.32. The molecule has 2 aromatic rings. The van der Waals surface area contributed by atoms with Gasteiger partial charge in [-0.2, -0.15) is 0 Å². The van der Waals surface area contributed by atoms with Gasteiger partial charge in [0.2, 0.25) is 0 Å². The standard InChI is InChI=1S/C19H26N2O/c1-2-19(10-13-22)9-5-11-21-12-8-15-14-6-3-4-7-16(14)20-17(15)18(19)21/h3-4,6-7,18,20,22H,2,5,8-13H2,1H3/t18-,19-/m1/s1. The first-order valence-electron chi connectivity index (χ1n) is 8.73. The fourth-order valence-electron chi connectivity index (χ4n) is 5.03. The lowest BCUT2D eigenvalue weighted by atomic mass is 9.66. The lowest BCUT2D eigenvalue weighted by Crippen LogP contribution is -2.49. The van der Waals surface area contributed by atoms with Crippen molar-refractivity contribution in [2.75, 3.05) is 19.7 Å². The van der Waals surface area contributed by atoms with Gasteiger partial charge >= 0.3 is 0 Å².